The second-order valence-electron chi connectivity index (χ2n) is 20.6. The second-order valence-corrected chi connectivity index (χ2v) is 33.8. The minimum atomic E-state index is -1.40. The summed E-state index contributed by atoms with van der Waals surface area (Å²) in [6.07, 6.45) is 8.16. The summed E-state index contributed by atoms with van der Waals surface area (Å²) < 4.78 is 43.5. The molecule has 16 heteroatoms. The minimum absolute atomic E-state index is 0.0113. The van der Waals surface area contributed by atoms with Crippen molar-refractivity contribution < 1.29 is 28.0 Å². The van der Waals surface area contributed by atoms with E-state index >= 15 is 0 Å². The van der Waals surface area contributed by atoms with Crippen molar-refractivity contribution in [1.82, 2.24) is 24.5 Å². The number of pyridine rings is 1. The van der Waals surface area contributed by atoms with Gasteiger partial charge in [0.1, 0.15) is 41.6 Å². The number of aromatic nitrogens is 4. The minimum Gasteiger partial charge on any atom is -0.494 e. The van der Waals surface area contributed by atoms with E-state index in [4.69, 9.17) is 29.0 Å². The smallest absolute Gasteiger partial charge is 0.410 e. The van der Waals surface area contributed by atoms with Crippen LogP contribution < -0.4 is 4.90 Å². The van der Waals surface area contributed by atoms with Gasteiger partial charge in [0.05, 0.1) is 40.7 Å². The fraction of sp³-hybridized carbons (Fsp3) is 0.659. The molecule has 2 unspecified atom stereocenters. The molecule has 5 heterocycles. The van der Waals surface area contributed by atoms with Gasteiger partial charge in [-0.15, -0.1) is 0 Å². The molecule has 13 nitrogen and oxygen atoms in total. The van der Waals surface area contributed by atoms with Crippen molar-refractivity contribution in [2.45, 2.75) is 154 Å². The first kappa shape index (κ1) is 47.6. The first-order valence-electron chi connectivity index (χ1n) is 21.5. The predicted octanol–water partition coefficient (Wildman–Crippen LogP) is 9.76. The molecule has 1 amide bonds. The summed E-state index contributed by atoms with van der Waals surface area (Å²) in [6.45, 7) is 34.2. The van der Waals surface area contributed by atoms with Crippen LogP contribution in [0.25, 0.3) is 22.5 Å². The SMILES string of the molecule is C=C(OCC)c1c(C2C[C@H]3CC[C@@H](C2)N3C(=O)OC(C)(C)C)nc2c(-c3ccc(C=NS(=O)C(C)(C)C)nc3)cnn2c1N(COCC[Si](C)(C)C)COCC[Si](C)(C)C. The van der Waals surface area contributed by atoms with E-state index in [0.29, 0.717) is 36.9 Å². The van der Waals surface area contributed by atoms with Crippen LogP contribution in [0.4, 0.5) is 10.6 Å². The highest BCUT2D eigenvalue weighted by atomic mass is 32.2. The molecular formula is C44H71N7O6SSi2. The summed E-state index contributed by atoms with van der Waals surface area (Å²) in [5.74, 6) is 1.23. The summed E-state index contributed by atoms with van der Waals surface area (Å²) >= 11 is 0. The number of ether oxygens (including phenoxy) is 4. The van der Waals surface area contributed by atoms with Gasteiger partial charge in [0.15, 0.2) is 5.65 Å². The van der Waals surface area contributed by atoms with Crippen molar-refractivity contribution in [1.29, 1.82) is 0 Å². The van der Waals surface area contributed by atoms with Gasteiger partial charge in [-0.1, -0.05) is 51.9 Å². The van der Waals surface area contributed by atoms with Gasteiger partial charge < -0.3 is 28.7 Å². The van der Waals surface area contributed by atoms with Crippen LogP contribution in [-0.2, 0) is 29.9 Å². The maximum Gasteiger partial charge on any atom is 0.410 e. The van der Waals surface area contributed by atoms with Crippen LogP contribution in [-0.4, -0.2) is 113 Å². The fourth-order valence-electron chi connectivity index (χ4n) is 7.48. The average molecular weight is 882 g/mol. The molecule has 5 rings (SSSR count). The quantitative estimate of drug-likeness (QED) is 0.0400. The molecule has 3 aromatic rings. The molecule has 332 valence electrons. The zero-order valence-corrected chi connectivity index (χ0v) is 41.4. The van der Waals surface area contributed by atoms with Gasteiger partial charge in [0.2, 0.25) is 0 Å². The Balaban J connectivity index is 1.66. The lowest BCUT2D eigenvalue weighted by Crippen LogP contribution is -2.48. The number of rotatable bonds is 18. The van der Waals surface area contributed by atoms with E-state index in [2.05, 4.69) is 60.1 Å². The third kappa shape index (κ3) is 12.6. The summed E-state index contributed by atoms with van der Waals surface area (Å²) in [4.78, 5) is 27.8. The van der Waals surface area contributed by atoms with Crippen molar-refractivity contribution in [3.8, 4) is 11.1 Å². The topological polar surface area (TPSA) is 133 Å². The fourth-order valence-corrected chi connectivity index (χ4v) is 9.51. The van der Waals surface area contributed by atoms with Gasteiger partial charge in [-0.2, -0.15) is 14.0 Å². The van der Waals surface area contributed by atoms with E-state index in [0.717, 1.165) is 66.0 Å². The third-order valence-corrected chi connectivity index (χ3v) is 15.4. The van der Waals surface area contributed by atoms with E-state index in [1.165, 1.54) is 0 Å². The summed E-state index contributed by atoms with van der Waals surface area (Å²) in [7, 11) is -4.13. The van der Waals surface area contributed by atoms with Crippen LogP contribution in [0.2, 0.25) is 51.4 Å². The van der Waals surface area contributed by atoms with E-state index < -0.39 is 37.5 Å². The standard InChI is InChI=1S/C44H71N7O6SSi2/c1-15-56-31(2)38-39(33-24-35-18-19-36(25-33)50(35)42(52)57-43(3,4)5)48-40-37(32-16-17-34(45-26-32)27-47-58(53)44(6,7)8)28-46-51(40)41(38)49(29-54-20-22-59(9,10)11)30-55-21-23-60(12,13)14/h16-17,26-28,33,35-36H,2,15,18-25,29-30H2,1,3-14H3/t33?,35-,36+,58?. The van der Waals surface area contributed by atoms with E-state index in [1.54, 1.807) is 12.4 Å². The molecule has 0 spiro atoms. The first-order chi connectivity index (χ1) is 28.0. The van der Waals surface area contributed by atoms with Gasteiger partial charge in [-0.3, -0.25) is 4.98 Å². The molecule has 2 saturated heterocycles. The Morgan fingerprint density at radius 1 is 0.967 bits per heavy atom. The zero-order valence-electron chi connectivity index (χ0n) is 38.6. The highest BCUT2D eigenvalue weighted by Gasteiger charge is 2.46. The van der Waals surface area contributed by atoms with Crippen LogP contribution in [0.3, 0.4) is 0 Å². The van der Waals surface area contributed by atoms with E-state index in [9.17, 15) is 9.00 Å². The summed E-state index contributed by atoms with van der Waals surface area (Å²) in [6, 6.07) is 5.91. The normalized spacial score (nSPS) is 19.3. The third-order valence-electron chi connectivity index (χ3n) is 10.7. The lowest BCUT2D eigenvalue weighted by Gasteiger charge is -2.40. The first-order valence-corrected chi connectivity index (χ1v) is 30.1. The van der Waals surface area contributed by atoms with Crippen molar-refractivity contribution in [2.75, 3.05) is 38.2 Å². The molecule has 2 bridgehead atoms. The van der Waals surface area contributed by atoms with Crippen LogP contribution in [0.5, 0.6) is 0 Å². The Morgan fingerprint density at radius 3 is 2.07 bits per heavy atom. The Hall–Kier alpha value is -3.45. The van der Waals surface area contributed by atoms with Gasteiger partial charge in [-0.05, 0) is 92.3 Å². The van der Waals surface area contributed by atoms with Crippen molar-refractivity contribution in [3.05, 3.63) is 48.1 Å². The maximum absolute atomic E-state index is 13.6. The van der Waals surface area contributed by atoms with Crippen molar-refractivity contribution in [3.63, 3.8) is 0 Å². The number of hydrogen-bond donors (Lipinski definition) is 0. The average Bonchev–Trinajstić information content (AvgIpc) is 3.68. The molecule has 0 aliphatic carbocycles. The Kier molecular flexibility index (Phi) is 15.3. The monoisotopic (exact) mass is 881 g/mol. The van der Waals surface area contributed by atoms with E-state index in [-0.39, 0.29) is 37.6 Å². The van der Waals surface area contributed by atoms with Crippen molar-refractivity contribution in [2.24, 2.45) is 4.40 Å². The number of piperidine rings is 1. The number of nitrogens with zero attached hydrogens (tertiary/aromatic N) is 7. The van der Waals surface area contributed by atoms with Crippen LogP contribution >= 0.6 is 0 Å². The molecular weight excluding hydrogens is 811 g/mol. The van der Waals surface area contributed by atoms with Crippen LogP contribution in [0, 0.1) is 0 Å². The van der Waals surface area contributed by atoms with Gasteiger partial charge in [-0.25, -0.2) is 14.0 Å². The molecule has 0 radical (unpaired) electrons. The number of hydrogen-bond acceptors (Lipinski definition) is 10. The van der Waals surface area contributed by atoms with Gasteiger partial charge in [0.25, 0.3) is 0 Å². The highest BCUT2D eigenvalue weighted by molar-refractivity contribution is 7.85. The number of amides is 1. The predicted molar refractivity (Wildman–Crippen MR) is 250 cm³/mol. The molecule has 0 aromatic carbocycles. The molecule has 0 saturated carbocycles. The molecule has 3 aromatic heterocycles. The zero-order chi connectivity index (χ0) is 44.2. The number of carbonyl (C=O) groups is 1. The largest absolute Gasteiger partial charge is 0.494 e. The van der Waals surface area contributed by atoms with Gasteiger partial charge >= 0.3 is 6.09 Å². The molecule has 2 fully saturated rings. The number of anilines is 1. The Labute approximate surface area is 363 Å². The molecule has 60 heavy (non-hydrogen) atoms. The van der Waals surface area contributed by atoms with Crippen LogP contribution in [0.1, 0.15) is 97.0 Å². The summed E-state index contributed by atoms with van der Waals surface area (Å²) in [5.41, 5.74) is 3.92. The number of fused-ring (bicyclic) bond motifs is 3. The van der Waals surface area contributed by atoms with Gasteiger partial charge in [0, 0.05) is 64.7 Å². The highest BCUT2D eigenvalue weighted by Crippen LogP contribution is 2.47. The van der Waals surface area contributed by atoms with Crippen LogP contribution in [0.15, 0.2) is 35.5 Å². The maximum atomic E-state index is 13.6. The summed E-state index contributed by atoms with van der Waals surface area (Å²) in [5, 5.41) is 5.02. The molecule has 4 atom stereocenters. The lowest BCUT2D eigenvalue weighted by molar-refractivity contribution is 0.00566. The molecule has 0 N–H and O–H groups in total. The Morgan fingerprint density at radius 2 is 1.57 bits per heavy atom. The van der Waals surface area contributed by atoms with Crippen molar-refractivity contribution >= 4 is 56.7 Å². The number of carbonyl (C=O) groups excluding carboxylic acids is 1. The Bertz CT molecular complexity index is 1980. The second kappa shape index (κ2) is 19.3. The molecule has 2 aliphatic rings. The lowest BCUT2D eigenvalue weighted by atomic mass is 9.85. The molecule has 2 aliphatic heterocycles. The van der Waals surface area contributed by atoms with E-state index in [1.807, 2.05) is 76.2 Å².